The molecule has 0 aliphatic heterocycles. The van der Waals surface area contributed by atoms with Gasteiger partial charge in [0.1, 0.15) is 6.07 Å². The van der Waals surface area contributed by atoms with E-state index in [1.54, 1.807) is 32.9 Å². The molecule has 1 aliphatic rings. The summed E-state index contributed by atoms with van der Waals surface area (Å²) in [5.74, 6) is -2.62. The second kappa shape index (κ2) is 8.80. The number of nitrogens with zero attached hydrogens (tertiary/aromatic N) is 3. The molecule has 8 heteroatoms. The van der Waals surface area contributed by atoms with Gasteiger partial charge in [-0.05, 0) is 32.8 Å². The molecular weight excluding hydrogens is 336 g/mol. The minimum atomic E-state index is -1.28. The highest BCUT2D eigenvalue weighted by atomic mass is 16.5. The lowest BCUT2D eigenvalue weighted by Crippen LogP contribution is -2.39. The molecule has 0 aromatic heterocycles. The number of carbonyl (C=O) groups is 2. The normalized spacial score (nSPS) is 20.3. The van der Waals surface area contributed by atoms with Crippen LogP contribution in [-0.2, 0) is 19.1 Å². The first kappa shape index (κ1) is 20.9. The predicted octanol–water partition coefficient (Wildman–Crippen LogP) is 1.26. The Morgan fingerprint density at radius 2 is 1.81 bits per heavy atom. The Hall–Kier alpha value is -3.15. The molecule has 2 atom stereocenters. The summed E-state index contributed by atoms with van der Waals surface area (Å²) in [6.07, 6.45) is 1.30. The van der Waals surface area contributed by atoms with Gasteiger partial charge in [-0.25, -0.2) is 4.79 Å². The number of carbonyl (C=O) groups excluding carboxylic acids is 2. The number of hydrogen-bond donors (Lipinski definition) is 1. The summed E-state index contributed by atoms with van der Waals surface area (Å²) < 4.78 is 10.0. The SMILES string of the molecule is CCOC(=O)C1=CC(C)(C(=O)OCC)CC(C(N)C(C#N)C#N)=C1C#N. The molecule has 0 radical (unpaired) electrons. The van der Waals surface area contributed by atoms with Gasteiger partial charge in [-0.3, -0.25) is 4.79 Å². The van der Waals surface area contributed by atoms with Gasteiger partial charge in [-0.15, -0.1) is 0 Å². The largest absolute Gasteiger partial charge is 0.465 e. The number of hydrogen-bond acceptors (Lipinski definition) is 8. The van der Waals surface area contributed by atoms with Crippen LogP contribution in [0.5, 0.6) is 0 Å². The van der Waals surface area contributed by atoms with Crippen molar-refractivity contribution in [3.8, 4) is 18.2 Å². The molecule has 1 rings (SSSR count). The predicted molar refractivity (Wildman–Crippen MR) is 89.4 cm³/mol. The molecule has 8 nitrogen and oxygen atoms in total. The summed E-state index contributed by atoms with van der Waals surface area (Å²) in [5.41, 5.74) is 4.74. The van der Waals surface area contributed by atoms with E-state index in [2.05, 4.69) is 0 Å². The number of ether oxygens (including phenoxy) is 2. The molecule has 0 aromatic rings. The summed E-state index contributed by atoms with van der Waals surface area (Å²) >= 11 is 0. The van der Waals surface area contributed by atoms with Crippen molar-refractivity contribution in [2.75, 3.05) is 13.2 Å². The fraction of sp³-hybridized carbons (Fsp3) is 0.500. The third-order valence-electron chi connectivity index (χ3n) is 4.00. The van der Waals surface area contributed by atoms with E-state index >= 15 is 0 Å². The minimum absolute atomic E-state index is 0.0430. The van der Waals surface area contributed by atoms with E-state index in [4.69, 9.17) is 25.7 Å². The first-order valence-corrected chi connectivity index (χ1v) is 8.05. The van der Waals surface area contributed by atoms with E-state index in [1.165, 1.54) is 6.08 Å². The maximum Gasteiger partial charge on any atom is 0.339 e. The zero-order chi connectivity index (χ0) is 19.9. The van der Waals surface area contributed by atoms with Crippen molar-refractivity contribution in [3.05, 3.63) is 22.8 Å². The van der Waals surface area contributed by atoms with Gasteiger partial charge in [-0.2, -0.15) is 15.8 Å². The quantitative estimate of drug-likeness (QED) is 0.699. The fourth-order valence-electron chi connectivity index (χ4n) is 2.70. The molecule has 0 saturated carbocycles. The van der Waals surface area contributed by atoms with Crippen molar-refractivity contribution in [2.24, 2.45) is 17.1 Å². The van der Waals surface area contributed by atoms with Crippen LogP contribution in [-0.4, -0.2) is 31.2 Å². The van der Waals surface area contributed by atoms with Crippen molar-refractivity contribution in [1.82, 2.24) is 0 Å². The van der Waals surface area contributed by atoms with Crippen molar-refractivity contribution < 1.29 is 19.1 Å². The minimum Gasteiger partial charge on any atom is -0.465 e. The molecule has 0 aromatic carbocycles. The van der Waals surface area contributed by atoms with Crippen LogP contribution in [0.25, 0.3) is 0 Å². The van der Waals surface area contributed by atoms with Crippen LogP contribution in [0.2, 0.25) is 0 Å². The second-order valence-electron chi connectivity index (χ2n) is 5.87. The Kier molecular flexibility index (Phi) is 7.07. The molecule has 136 valence electrons. The van der Waals surface area contributed by atoms with Gasteiger partial charge in [0.05, 0.1) is 48.0 Å². The summed E-state index contributed by atoms with van der Waals surface area (Å²) in [7, 11) is 0. The van der Waals surface area contributed by atoms with Crippen LogP contribution in [0.3, 0.4) is 0 Å². The molecule has 0 fully saturated rings. The summed E-state index contributed by atoms with van der Waals surface area (Å²) in [6.45, 7) is 5.00. The smallest absolute Gasteiger partial charge is 0.339 e. The molecule has 0 bridgehead atoms. The number of nitrogens with two attached hydrogens (primary N) is 1. The number of nitriles is 3. The van der Waals surface area contributed by atoms with Crippen molar-refractivity contribution >= 4 is 11.9 Å². The maximum atomic E-state index is 12.4. The summed E-state index contributed by atoms with van der Waals surface area (Å²) in [6, 6.07) is 4.29. The molecule has 0 spiro atoms. The highest BCUT2D eigenvalue weighted by Gasteiger charge is 2.43. The van der Waals surface area contributed by atoms with Crippen LogP contribution in [0, 0.1) is 45.3 Å². The van der Waals surface area contributed by atoms with Gasteiger partial charge in [0.2, 0.25) is 0 Å². The lowest BCUT2D eigenvalue weighted by Gasteiger charge is -2.33. The van der Waals surface area contributed by atoms with Gasteiger partial charge in [-0.1, -0.05) is 6.08 Å². The van der Waals surface area contributed by atoms with E-state index in [0.717, 1.165) is 0 Å². The van der Waals surface area contributed by atoms with Crippen molar-refractivity contribution in [2.45, 2.75) is 33.2 Å². The standard InChI is InChI=1S/C18H20N4O4/c1-4-25-16(23)13-7-18(3,17(24)26-5-2)6-12(14(13)10-21)15(22)11(8-19)9-20/h7,11,15H,4-6,22H2,1-3H3. The third kappa shape index (κ3) is 4.08. The van der Waals surface area contributed by atoms with Gasteiger partial charge in [0.15, 0.2) is 5.92 Å². The zero-order valence-corrected chi connectivity index (χ0v) is 14.9. The maximum absolute atomic E-state index is 12.4. The van der Waals surface area contributed by atoms with E-state index in [9.17, 15) is 14.9 Å². The van der Waals surface area contributed by atoms with Crippen LogP contribution in [0.1, 0.15) is 27.2 Å². The Morgan fingerprint density at radius 1 is 1.23 bits per heavy atom. The van der Waals surface area contributed by atoms with Gasteiger partial charge < -0.3 is 15.2 Å². The van der Waals surface area contributed by atoms with Gasteiger partial charge in [0.25, 0.3) is 0 Å². The lowest BCUT2D eigenvalue weighted by molar-refractivity contribution is -0.151. The highest BCUT2D eigenvalue weighted by Crippen LogP contribution is 2.41. The first-order valence-electron chi connectivity index (χ1n) is 8.05. The number of rotatable bonds is 6. The van der Waals surface area contributed by atoms with Gasteiger partial charge in [0, 0.05) is 0 Å². The third-order valence-corrected chi connectivity index (χ3v) is 4.00. The monoisotopic (exact) mass is 356 g/mol. The Balaban J connectivity index is 3.58. The molecule has 2 N–H and O–H groups in total. The Labute approximate surface area is 152 Å². The molecule has 1 aliphatic carbocycles. The topological polar surface area (TPSA) is 150 Å². The first-order chi connectivity index (χ1) is 12.3. The summed E-state index contributed by atoms with van der Waals surface area (Å²) in [4.78, 5) is 24.7. The second-order valence-corrected chi connectivity index (χ2v) is 5.87. The van der Waals surface area contributed by atoms with Crippen LogP contribution in [0.4, 0.5) is 0 Å². The molecule has 0 heterocycles. The van der Waals surface area contributed by atoms with E-state index < -0.39 is 29.3 Å². The Bertz CT molecular complexity index is 764. The van der Waals surface area contributed by atoms with E-state index in [-0.39, 0.29) is 36.4 Å². The molecule has 26 heavy (non-hydrogen) atoms. The van der Waals surface area contributed by atoms with Gasteiger partial charge >= 0.3 is 11.9 Å². The summed E-state index contributed by atoms with van der Waals surface area (Å²) in [5, 5.41) is 27.8. The highest BCUT2D eigenvalue weighted by molar-refractivity contribution is 5.97. The number of esters is 2. The van der Waals surface area contributed by atoms with E-state index in [0.29, 0.717) is 0 Å². The average Bonchev–Trinajstić information content (AvgIpc) is 2.62. The van der Waals surface area contributed by atoms with Crippen LogP contribution < -0.4 is 5.73 Å². The molecule has 0 amide bonds. The molecular formula is C18H20N4O4. The average molecular weight is 356 g/mol. The lowest BCUT2D eigenvalue weighted by atomic mass is 9.71. The molecule has 0 saturated heterocycles. The van der Waals surface area contributed by atoms with E-state index in [1.807, 2.05) is 6.07 Å². The van der Waals surface area contributed by atoms with Crippen molar-refractivity contribution in [1.29, 1.82) is 15.8 Å². The molecule has 2 unspecified atom stereocenters. The van der Waals surface area contributed by atoms with Crippen LogP contribution in [0.15, 0.2) is 22.8 Å². The fourth-order valence-corrected chi connectivity index (χ4v) is 2.70. The Morgan fingerprint density at radius 3 is 2.27 bits per heavy atom. The van der Waals surface area contributed by atoms with Crippen LogP contribution >= 0.6 is 0 Å². The zero-order valence-electron chi connectivity index (χ0n) is 14.9. The van der Waals surface area contributed by atoms with Crippen molar-refractivity contribution in [3.63, 3.8) is 0 Å².